The van der Waals surface area contributed by atoms with Crippen LogP contribution in [0.15, 0.2) is 36.5 Å². The molecular formula is C18H18ClN5O2. The van der Waals surface area contributed by atoms with Gasteiger partial charge in [-0.05, 0) is 18.2 Å². The van der Waals surface area contributed by atoms with E-state index in [1.165, 1.54) is 0 Å². The van der Waals surface area contributed by atoms with Crippen LogP contribution < -0.4 is 10.6 Å². The van der Waals surface area contributed by atoms with E-state index >= 15 is 0 Å². The van der Waals surface area contributed by atoms with E-state index in [1.807, 2.05) is 30.3 Å². The number of rotatable bonds is 3. The molecule has 3 heterocycles. The van der Waals surface area contributed by atoms with E-state index in [2.05, 4.69) is 19.9 Å². The Labute approximate surface area is 155 Å². The zero-order valence-corrected chi connectivity index (χ0v) is 14.7. The first-order valence-corrected chi connectivity index (χ1v) is 8.79. The number of pyridine rings is 1. The molecule has 134 valence electrons. The highest BCUT2D eigenvalue weighted by Gasteiger charge is 2.23. The maximum Gasteiger partial charge on any atom is 0.404 e. The molecule has 0 saturated carbocycles. The van der Waals surface area contributed by atoms with Crippen molar-refractivity contribution in [3.63, 3.8) is 0 Å². The number of benzene rings is 1. The molecule has 26 heavy (non-hydrogen) atoms. The smallest absolute Gasteiger partial charge is 0.404 e. The SMILES string of the molecule is NC(=O)OC1CCN(c2cc(-c3nc4ccccc4[nH]3)c(Cl)cn2)CC1. The molecule has 8 heteroatoms. The van der Waals surface area contributed by atoms with Crippen molar-refractivity contribution in [3.8, 4) is 11.4 Å². The topological polar surface area (TPSA) is 97.1 Å². The predicted molar refractivity (Wildman–Crippen MR) is 100 cm³/mol. The lowest BCUT2D eigenvalue weighted by Crippen LogP contribution is -2.39. The molecule has 1 aliphatic heterocycles. The second-order valence-corrected chi connectivity index (χ2v) is 6.66. The Morgan fingerprint density at radius 1 is 1.31 bits per heavy atom. The van der Waals surface area contributed by atoms with Crippen LogP contribution >= 0.6 is 11.6 Å². The first-order chi connectivity index (χ1) is 12.6. The summed E-state index contributed by atoms with van der Waals surface area (Å²) in [5, 5.41) is 0.541. The van der Waals surface area contributed by atoms with Crippen LogP contribution in [-0.4, -0.2) is 40.2 Å². The number of para-hydroxylation sites is 2. The van der Waals surface area contributed by atoms with Crippen LogP contribution in [0.4, 0.5) is 10.6 Å². The number of aromatic nitrogens is 3. The second-order valence-electron chi connectivity index (χ2n) is 6.25. The number of imidazole rings is 1. The van der Waals surface area contributed by atoms with Crippen molar-refractivity contribution in [2.75, 3.05) is 18.0 Å². The molecule has 1 aliphatic rings. The van der Waals surface area contributed by atoms with Crippen LogP contribution in [0.5, 0.6) is 0 Å². The van der Waals surface area contributed by atoms with Crippen LogP contribution in [0.2, 0.25) is 5.02 Å². The lowest BCUT2D eigenvalue weighted by atomic mass is 10.1. The van der Waals surface area contributed by atoms with E-state index in [0.717, 1.165) is 35.5 Å². The zero-order chi connectivity index (χ0) is 18.1. The fraction of sp³-hybridized carbons (Fsp3) is 0.278. The number of nitrogens with one attached hydrogen (secondary N) is 1. The summed E-state index contributed by atoms with van der Waals surface area (Å²) in [6.07, 6.45) is 2.22. The monoisotopic (exact) mass is 371 g/mol. The molecule has 0 radical (unpaired) electrons. The Kier molecular flexibility index (Phi) is 4.38. The fourth-order valence-corrected chi connectivity index (χ4v) is 3.42. The number of piperidine rings is 1. The highest BCUT2D eigenvalue weighted by molar-refractivity contribution is 6.33. The van der Waals surface area contributed by atoms with Gasteiger partial charge >= 0.3 is 6.09 Å². The Hall–Kier alpha value is -2.80. The number of carbonyl (C=O) groups excluding carboxylic acids is 1. The number of H-pyrrole nitrogens is 1. The summed E-state index contributed by atoms with van der Waals surface area (Å²) in [5.41, 5.74) is 7.75. The van der Waals surface area contributed by atoms with Crippen LogP contribution in [0, 0.1) is 0 Å². The fourth-order valence-electron chi connectivity index (χ4n) is 3.23. The van der Waals surface area contributed by atoms with Gasteiger partial charge in [0.15, 0.2) is 0 Å². The minimum atomic E-state index is -0.722. The first kappa shape index (κ1) is 16.7. The van der Waals surface area contributed by atoms with Crippen molar-refractivity contribution < 1.29 is 9.53 Å². The highest BCUT2D eigenvalue weighted by Crippen LogP contribution is 2.31. The molecular weight excluding hydrogens is 354 g/mol. The molecule has 0 unspecified atom stereocenters. The number of carbonyl (C=O) groups is 1. The van der Waals surface area contributed by atoms with Crippen LogP contribution in [0.25, 0.3) is 22.4 Å². The maximum atomic E-state index is 10.9. The minimum Gasteiger partial charge on any atom is -0.446 e. The van der Waals surface area contributed by atoms with E-state index in [4.69, 9.17) is 22.1 Å². The molecule has 3 N–H and O–H groups in total. The van der Waals surface area contributed by atoms with Crippen molar-refractivity contribution >= 4 is 34.5 Å². The Morgan fingerprint density at radius 3 is 2.81 bits per heavy atom. The standard InChI is InChI=1S/C18H18ClN5O2/c19-13-10-21-16(24-7-5-11(6-8-24)26-18(20)25)9-12(13)17-22-14-3-1-2-4-15(14)23-17/h1-4,9-11H,5-8H2,(H2,20,25)(H,22,23). The van der Waals surface area contributed by atoms with Gasteiger partial charge in [0.2, 0.25) is 0 Å². The number of aromatic amines is 1. The summed E-state index contributed by atoms with van der Waals surface area (Å²) in [6, 6.07) is 9.78. The molecule has 7 nitrogen and oxygen atoms in total. The third-order valence-electron chi connectivity index (χ3n) is 4.53. The molecule has 4 rings (SSSR count). The first-order valence-electron chi connectivity index (χ1n) is 8.42. The lowest BCUT2D eigenvalue weighted by molar-refractivity contribution is 0.0911. The number of anilines is 1. The maximum absolute atomic E-state index is 10.9. The largest absolute Gasteiger partial charge is 0.446 e. The average Bonchev–Trinajstić information content (AvgIpc) is 3.06. The van der Waals surface area contributed by atoms with Crippen molar-refractivity contribution in [1.82, 2.24) is 15.0 Å². The van der Waals surface area contributed by atoms with Crippen LogP contribution in [0.3, 0.4) is 0 Å². The summed E-state index contributed by atoms with van der Waals surface area (Å²) < 4.78 is 5.08. The summed E-state index contributed by atoms with van der Waals surface area (Å²) in [6.45, 7) is 1.46. The number of amides is 1. The Balaban J connectivity index is 1.58. The molecule has 3 aromatic rings. The summed E-state index contributed by atoms with van der Waals surface area (Å²) in [7, 11) is 0. The quantitative estimate of drug-likeness (QED) is 0.735. The van der Waals surface area contributed by atoms with Gasteiger partial charge in [0.05, 0.1) is 16.1 Å². The van der Waals surface area contributed by atoms with Gasteiger partial charge in [0.25, 0.3) is 0 Å². The van der Waals surface area contributed by atoms with Crippen molar-refractivity contribution in [2.24, 2.45) is 5.73 Å². The molecule has 2 aromatic heterocycles. The van der Waals surface area contributed by atoms with E-state index in [9.17, 15) is 4.79 Å². The van der Waals surface area contributed by atoms with Gasteiger partial charge in [-0.1, -0.05) is 23.7 Å². The van der Waals surface area contributed by atoms with Gasteiger partial charge in [0, 0.05) is 37.7 Å². The van der Waals surface area contributed by atoms with Gasteiger partial charge < -0.3 is 20.4 Å². The Morgan fingerprint density at radius 2 is 2.08 bits per heavy atom. The van der Waals surface area contributed by atoms with E-state index in [0.29, 0.717) is 23.7 Å². The minimum absolute atomic E-state index is 0.133. The van der Waals surface area contributed by atoms with E-state index in [-0.39, 0.29) is 6.10 Å². The van der Waals surface area contributed by atoms with Gasteiger partial charge in [0.1, 0.15) is 17.7 Å². The van der Waals surface area contributed by atoms with Gasteiger partial charge in [-0.25, -0.2) is 14.8 Å². The molecule has 1 aromatic carbocycles. The van der Waals surface area contributed by atoms with Crippen LogP contribution in [-0.2, 0) is 4.74 Å². The number of hydrogen-bond donors (Lipinski definition) is 2. The molecule has 0 bridgehead atoms. The summed E-state index contributed by atoms with van der Waals surface area (Å²) in [5.74, 6) is 1.54. The van der Waals surface area contributed by atoms with Gasteiger partial charge in [-0.15, -0.1) is 0 Å². The number of nitrogens with two attached hydrogens (primary N) is 1. The third kappa shape index (κ3) is 3.30. The Bertz CT molecular complexity index is 917. The highest BCUT2D eigenvalue weighted by atomic mass is 35.5. The molecule has 0 atom stereocenters. The number of ether oxygens (including phenoxy) is 1. The molecule has 1 amide bonds. The lowest BCUT2D eigenvalue weighted by Gasteiger charge is -2.32. The van der Waals surface area contributed by atoms with Gasteiger partial charge in [-0.2, -0.15) is 0 Å². The zero-order valence-electron chi connectivity index (χ0n) is 14.0. The number of fused-ring (bicyclic) bond motifs is 1. The molecule has 1 saturated heterocycles. The molecule has 0 spiro atoms. The van der Waals surface area contributed by atoms with Gasteiger partial charge in [-0.3, -0.25) is 0 Å². The number of primary amides is 1. The normalized spacial score (nSPS) is 15.3. The number of nitrogens with zero attached hydrogens (tertiary/aromatic N) is 3. The molecule has 0 aliphatic carbocycles. The predicted octanol–water partition coefficient (Wildman–Crippen LogP) is 3.34. The van der Waals surface area contributed by atoms with Crippen molar-refractivity contribution in [2.45, 2.75) is 18.9 Å². The number of halogens is 1. The van der Waals surface area contributed by atoms with Crippen molar-refractivity contribution in [1.29, 1.82) is 0 Å². The number of hydrogen-bond acceptors (Lipinski definition) is 5. The summed E-state index contributed by atoms with van der Waals surface area (Å²) >= 11 is 6.37. The van der Waals surface area contributed by atoms with E-state index < -0.39 is 6.09 Å². The third-order valence-corrected chi connectivity index (χ3v) is 4.84. The molecule has 1 fully saturated rings. The second kappa shape index (κ2) is 6.84. The van der Waals surface area contributed by atoms with Crippen LogP contribution in [0.1, 0.15) is 12.8 Å². The van der Waals surface area contributed by atoms with E-state index in [1.54, 1.807) is 6.20 Å². The summed E-state index contributed by atoms with van der Waals surface area (Å²) in [4.78, 5) is 25.4. The average molecular weight is 372 g/mol. The van der Waals surface area contributed by atoms with Crippen molar-refractivity contribution in [3.05, 3.63) is 41.6 Å².